The lowest BCUT2D eigenvalue weighted by Crippen LogP contribution is -2.20. The fourth-order valence-corrected chi connectivity index (χ4v) is 2.97. The van der Waals surface area contributed by atoms with Crippen LogP contribution >= 0.6 is 11.6 Å². The van der Waals surface area contributed by atoms with Crippen LogP contribution in [0.15, 0.2) is 47.5 Å². The van der Waals surface area contributed by atoms with Crippen LogP contribution in [0.1, 0.15) is 10.4 Å². The van der Waals surface area contributed by atoms with Crippen LogP contribution in [0, 0.1) is 5.82 Å². The van der Waals surface area contributed by atoms with Gasteiger partial charge in [0.15, 0.2) is 0 Å². The lowest BCUT2D eigenvalue weighted by Gasteiger charge is -2.20. The number of halogens is 2. The maximum Gasteiger partial charge on any atom is 0.341 e. The van der Waals surface area contributed by atoms with E-state index in [1.54, 1.807) is 25.1 Å². The molecular formula is C20H18ClFN4O3. The van der Waals surface area contributed by atoms with E-state index in [0.29, 0.717) is 22.2 Å². The average molecular weight is 417 g/mol. The molecular weight excluding hydrogens is 399 g/mol. The second-order valence-electron chi connectivity index (χ2n) is 6.33. The maximum absolute atomic E-state index is 14.4. The molecule has 2 aromatic heterocycles. The molecule has 9 heteroatoms. The van der Waals surface area contributed by atoms with Gasteiger partial charge in [-0.25, -0.2) is 9.18 Å². The molecule has 1 aromatic carbocycles. The normalized spacial score (nSPS) is 10.5. The molecule has 0 spiro atoms. The van der Waals surface area contributed by atoms with Gasteiger partial charge in [0, 0.05) is 37.1 Å². The third kappa shape index (κ3) is 4.22. The number of nitrogens with one attached hydrogen (secondary N) is 2. The number of pyridine rings is 2. The highest BCUT2D eigenvalue weighted by Crippen LogP contribution is 2.31. The number of anilines is 3. The Bertz CT molecular complexity index is 1130. The van der Waals surface area contributed by atoms with Crippen molar-refractivity contribution in [3.63, 3.8) is 0 Å². The van der Waals surface area contributed by atoms with Crippen LogP contribution in [-0.4, -0.2) is 37.1 Å². The predicted molar refractivity (Wildman–Crippen MR) is 111 cm³/mol. The molecule has 0 radical (unpaired) electrons. The average Bonchev–Trinajstić information content (AvgIpc) is 2.70. The van der Waals surface area contributed by atoms with E-state index in [2.05, 4.69) is 15.3 Å². The fraction of sp³-hybridized carbons (Fsp3) is 0.150. The van der Waals surface area contributed by atoms with Crippen molar-refractivity contribution in [3.8, 4) is 11.1 Å². The van der Waals surface area contributed by atoms with Crippen LogP contribution in [-0.2, 0) is 4.74 Å². The first-order valence-corrected chi connectivity index (χ1v) is 8.89. The zero-order valence-corrected chi connectivity index (χ0v) is 16.7. The molecule has 0 saturated carbocycles. The van der Waals surface area contributed by atoms with E-state index in [1.807, 2.05) is 0 Å². The molecule has 0 bridgehead atoms. The van der Waals surface area contributed by atoms with Crippen molar-refractivity contribution in [1.82, 2.24) is 9.97 Å². The van der Waals surface area contributed by atoms with Gasteiger partial charge >= 0.3 is 5.97 Å². The van der Waals surface area contributed by atoms with Gasteiger partial charge in [-0.3, -0.25) is 9.78 Å². The van der Waals surface area contributed by atoms with E-state index in [9.17, 15) is 14.0 Å². The highest BCUT2D eigenvalue weighted by molar-refractivity contribution is 6.30. The molecule has 29 heavy (non-hydrogen) atoms. The molecule has 3 rings (SSSR count). The number of carbonyl (C=O) groups is 1. The quantitative estimate of drug-likeness (QED) is 0.615. The molecule has 0 amide bonds. The molecule has 2 N–H and O–H groups in total. The molecule has 0 aliphatic rings. The fourth-order valence-electron chi connectivity index (χ4n) is 2.79. The van der Waals surface area contributed by atoms with Gasteiger partial charge in [-0.15, -0.1) is 0 Å². The number of hydrogen-bond donors (Lipinski definition) is 2. The number of esters is 1. The van der Waals surface area contributed by atoms with E-state index in [0.717, 1.165) is 0 Å². The van der Waals surface area contributed by atoms with E-state index in [1.165, 1.54) is 43.8 Å². The topological polar surface area (TPSA) is 87.3 Å². The molecule has 7 nitrogen and oxygen atoms in total. The zero-order chi connectivity index (χ0) is 21.1. The summed E-state index contributed by atoms with van der Waals surface area (Å²) in [7, 11) is 4.75. The van der Waals surface area contributed by atoms with Gasteiger partial charge in [0.05, 0.1) is 24.0 Å². The molecule has 0 unspecified atom stereocenters. The molecule has 0 fully saturated rings. The van der Waals surface area contributed by atoms with Crippen LogP contribution in [0.4, 0.5) is 21.6 Å². The van der Waals surface area contributed by atoms with Crippen molar-refractivity contribution in [2.45, 2.75) is 0 Å². The number of ether oxygens (including phenoxy) is 1. The standard InChI is InChI=1S/C20H18ClFN4O3/c1-26(2)18-17(24-16-6-7-23-10-14(16)20(28)29-3)9-13(19(27)25-18)12-8-11(21)4-5-15(12)22/h4-10H,1-3H3,(H,23,24)(H,25,27). The van der Waals surface area contributed by atoms with Crippen molar-refractivity contribution >= 4 is 34.8 Å². The minimum Gasteiger partial charge on any atom is -0.465 e. The first-order valence-electron chi connectivity index (χ1n) is 8.51. The summed E-state index contributed by atoms with van der Waals surface area (Å²) in [5, 5.41) is 3.40. The summed E-state index contributed by atoms with van der Waals surface area (Å²) in [6.07, 6.45) is 2.88. The Labute approximate surface area is 171 Å². The summed E-state index contributed by atoms with van der Waals surface area (Å²) < 4.78 is 19.1. The molecule has 2 heterocycles. The second-order valence-corrected chi connectivity index (χ2v) is 6.77. The molecule has 0 saturated heterocycles. The lowest BCUT2D eigenvalue weighted by atomic mass is 10.1. The molecule has 0 aliphatic heterocycles. The van der Waals surface area contributed by atoms with Gasteiger partial charge in [-0.05, 0) is 30.3 Å². The van der Waals surface area contributed by atoms with Gasteiger partial charge in [-0.2, -0.15) is 0 Å². The summed E-state index contributed by atoms with van der Waals surface area (Å²) in [5.74, 6) is -0.714. The predicted octanol–water partition coefficient (Wildman–Crippen LogP) is 3.83. The Morgan fingerprint density at radius 1 is 1.21 bits per heavy atom. The molecule has 0 atom stereocenters. The monoisotopic (exact) mass is 416 g/mol. The molecule has 0 aliphatic carbocycles. The summed E-state index contributed by atoms with van der Waals surface area (Å²) in [4.78, 5) is 33.0. The zero-order valence-electron chi connectivity index (χ0n) is 15.9. The van der Waals surface area contributed by atoms with E-state index < -0.39 is 17.3 Å². The Hall–Kier alpha value is -3.39. The Morgan fingerprint density at radius 2 is 1.97 bits per heavy atom. The van der Waals surface area contributed by atoms with Crippen LogP contribution < -0.4 is 15.8 Å². The van der Waals surface area contributed by atoms with E-state index in [-0.39, 0.29) is 16.7 Å². The second kappa shape index (κ2) is 8.32. The maximum atomic E-state index is 14.4. The highest BCUT2D eigenvalue weighted by Gasteiger charge is 2.18. The van der Waals surface area contributed by atoms with Gasteiger partial charge in [-0.1, -0.05) is 11.6 Å². The third-order valence-corrected chi connectivity index (χ3v) is 4.42. The first-order chi connectivity index (χ1) is 13.8. The number of H-pyrrole nitrogens is 1. The van der Waals surface area contributed by atoms with Crippen LogP contribution in [0.2, 0.25) is 5.02 Å². The van der Waals surface area contributed by atoms with Gasteiger partial charge in [0.25, 0.3) is 5.56 Å². The van der Waals surface area contributed by atoms with Crippen molar-refractivity contribution < 1.29 is 13.9 Å². The van der Waals surface area contributed by atoms with E-state index in [4.69, 9.17) is 16.3 Å². The number of aromatic amines is 1. The minimum absolute atomic E-state index is 0.0648. The summed E-state index contributed by atoms with van der Waals surface area (Å²) in [5.41, 5.74) is 0.742. The number of aromatic nitrogens is 2. The Balaban J connectivity index is 2.18. The Morgan fingerprint density at radius 3 is 2.66 bits per heavy atom. The Kier molecular flexibility index (Phi) is 5.84. The van der Waals surface area contributed by atoms with Gasteiger partial charge in [0.2, 0.25) is 0 Å². The van der Waals surface area contributed by atoms with Gasteiger partial charge < -0.3 is 19.9 Å². The summed E-state index contributed by atoms with van der Waals surface area (Å²) in [6.45, 7) is 0. The number of nitrogens with zero attached hydrogens (tertiary/aromatic N) is 2. The summed E-state index contributed by atoms with van der Waals surface area (Å²) >= 11 is 5.98. The molecule has 150 valence electrons. The number of carbonyl (C=O) groups excluding carboxylic acids is 1. The largest absolute Gasteiger partial charge is 0.465 e. The highest BCUT2D eigenvalue weighted by atomic mass is 35.5. The minimum atomic E-state index is -0.581. The number of rotatable bonds is 5. The summed E-state index contributed by atoms with van der Waals surface area (Å²) in [6, 6.07) is 7.08. The number of benzene rings is 1. The third-order valence-electron chi connectivity index (χ3n) is 4.18. The van der Waals surface area contributed by atoms with Crippen molar-refractivity contribution in [3.05, 3.63) is 69.5 Å². The van der Waals surface area contributed by atoms with Crippen molar-refractivity contribution in [2.24, 2.45) is 0 Å². The lowest BCUT2D eigenvalue weighted by molar-refractivity contribution is 0.0601. The van der Waals surface area contributed by atoms with Gasteiger partial charge in [0.1, 0.15) is 17.2 Å². The number of methoxy groups -OCH3 is 1. The first kappa shape index (κ1) is 20.3. The van der Waals surface area contributed by atoms with Crippen LogP contribution in [0.3, 0.4) is 0 Å². The van der Waals surface area contributed by atoms with Crippen LogP contribution in [0.5, 0.6) is 0 Å². The molecule has 3 aromatic rings. The van der Waals surface area contributed by atoms with Crippen LogP contribution in [0.25, 0.3) is 11.1 Å². The van der Waals surface area contributed by atoms with Crippen molar-refractivity contribution in [1.29, 1.82) is 0 Å². The van der Waals surface area contributed by atoms with E-state index >= 15 is 0 Å². The SMILES string of the molecule is COC(=O)c1cnccc1Nc1cc(-c2cc(Cl)ccc2F)c(=O)[nH]c1N(C)C. The van der Waals surface area contributed by atoms with Crippen molar-refractivity contribution in [2.75, 3.05) is 31.4 Å². The number of hydrogen-bond acceptors (Lipinski definition) is 6. The smallest absolute Gasteiger partial charge is 0.341 e.